The van der Waals surface area contributed by atoms with Crippen molar-refractivity contribution in [3.63, 3.8) is 0 Å². The minimum Gasteiger partial charge on any atom is -0.465 e. The normalized spacial score (nSPS) is 10.2. The first-order chi connectivity index (χ1) is 13.7. The van der Waals surface area contributed by atoms with E-state index in [1.54, 1.807) is 19.9 Å². The summed E-state index contributed by atoms with van der Waals surface area (Å²) in [6.07, 6.45) is 0. The van der Waals surface area contributed by atoms with E-state index in [1.807, 2.05) is 26.0 Å². The highest BCUT2D eigenvalue weighted by Crippen LogP contribution is 2.34. The van der Waals surface area contributed by atoms with Gasteiger partial charge in [-0.15, -0.1) is 11.3 Å². The molecule has 0 bridgehead atoms. The molecule has 2 aromatic rings. The third kappa shape index (κ3) is 5.00. The van der Waals surface area contributed by atoms with Crippen molar-refractivity contribution in [2.24, 2.45) is 0 Å². The third-order valence-corrected chi connectivity index (χ3v) is 5.27. The second-order valence-corrected chi connectivity index (χ2v) is 7.22. The number of carbonyl (C=O) groups excluding carboxylic acids is 4. The minimum absolute atomic E-state index is 0.0147. The van der Waals surface area contributed by atoms with Crippen molar-refractivity contribution >= 4 is 45.8 Å². The molecule has 1 heterocycles. The topological polar surface area (TPSA) is 111 Å². The average Bonchev–Trinajstić information content (AvgIpc) is 2.99. The molecule has 0 spiro atoms. The average molecular weight is 418 g/mol. The van der Waals surface area contributed by atoms with Crippen molar-refractivity contribution in [2.75, 3.05) is 24.4 Å². The molecule has 1 aromatic carbocycles. The van der Waals surface area contributed by atoms with Crippen molar-refractivity contribution in [1.82, 2.24) is 0 Å². The van der Waals surface area contributed by atoms with Crippen molar-refractivity contribution in [1.29, 1.82) is 0 Å². The molecule has 0 aliphatic rings. The molecule has 2 N–H and O–H groups in total. The molecule has 1 aromatic heterocycles. The Balaban J connectivity index is 2.38. The van der Waals surface area contributed by atoms with Crippen LogP contribution in [-0.2, 0) is 19.1 Å². The lowest BCUT2D eigenvalue weighted by atomic mass is 10.1. The maximum Gasteiger partial charge on any atom is 0.397 e. The molecule has 29 heavy (non-hydrogen) atoms. The predicted molar refractivity (Wildman–Crippen MR) is 110 cm³/mol. The van der Waals surface area contributed by atoms with E-state index in [2.05, 4.69) is 15.4 Å². The molecule has 0 radical (unpaired) electrons. The molecule has 0 atom stereocenters. The number of carbonyl (C=O) groups is 4. The number of methoxy groups -OCH3 is 1. The Kier molecular flexibility index (Phi) is 7.11. The third-order valence-electron chi connectivity index (χ3n) is 4.06. The SMILES string of the molecule is CCOC(=O)C(=O)Nc1sc(C(=O)Nc2ccc(C)cc2C)c(C)c1C(=O)OC. The fourth-order valence-electron chi connectivity index (χ4n) is 2.65. The zero-order valence-electron chi connectivity index (χ0n) is 16.8. The first kappa shape index (κ1) is 22.1. The highest BCUT2D eigenvalue weighted by molar-refractivity contribution is 7.19. The van der Waals surface area contributed by atoms with Crippen LogP contribution in [0.4, 0.5) is 10.7 Å². The van der Waals surface area contributed by atoms with E-state index < -0.39 is 23.8 Å². The minimum atomic E-state index is -1.09. The summed E-state index contributed by atoms with van der Waals surface area (Å²) in [5.74, 6) is -3.31. The van der Waals surface area contributed by atoms with Gasteiger partial charge in [-0.2, -0.15) is 0 Å². The summed E-state index contributed by atoms with van der Waals surface area (Å²) in [6.45, 7) is 6.98. The highest BCUT2D eigenvalue weighted by atomic mass is 32.1. The zero-order valence-corrected chi connectivity index (χ0v) is 17.6. The van der Waals surface area contributed by atoms with Crippen LogP contribution in [0.2, 0.25) is 0 Å². The monoisotopic (exact) mass is 418 g/mol. The molecule has 0 unspecified atom stereocenters. The van der Waals surface area contributed by atoms with Gasteiger partial charge in [0.1, 0.15) is 5.00 Å². The van der Waals surface area contributed by atoms with Gasteiger partial charge in [-0.1, -0.05) is 17.7 Å². The largest absolute Gasteiger partial charge is 0.465 e. The summed E-state index contributed by atoms with van der Waals surface area (Å²) in [5, 5.41) is 5.18. The van der Waals surface area contributed by atoms with Crippen LogP contribution >= 0.6 is 11.3 Å². The number of benzene rings is 1. The van der Waals surface area contributed by atoms with Gasteiger partial charge in [0.2, 0.25) is 0 Å². The van der Waals surface area contributed by atoms with Gasteiger partial charge < -0.3 is 20.1 Å². The Morgan fingerprint density at radius 1 is 1.07 bits per heavy atom. The van der Waals surface area contributed by atoms with Crippen molar-refractivity contribution in [2.45, 2.75) is 27.7 Å². The van der Waals surface area contributed by atoms with Gasteiger partial charge in [0.15, 0.2) is 0 Å². The first-order valence-electron chi connectivity index (χ1n) is 8.78. The van der Waals surface area contributed by atoms with E-state index in [9.17, 15) is 19.2 Å². The summed E-state index contributed by atoms with van der Waals surface area (Å²) >= 11 is 0.877. The van der Waals surface area contributed by atoms with Gasteiger partial charge in [0.05, 0.1) is 24.2 Å². The van der Waals surface area contributed by atoms with Crippen LogP contribution < -0.4 is 10.6 Å². The molecule has 154 valence electrons. The van der Waals surface area contributed by atoms with Gasteiger partial charge >= 0.3 is 17.8 Å². The van der Waals surface area contributed by atoms with Gasteiger partial charge in [0, 0.05) is 5.69 Å². The number of amides is 2. The van der Waals surface area contributed by atoms with Crippen LogP contribution in [0.5, 0.6) is 0 Å². The lowest BCUT2D eigenvalue weighted by molar-refractivity contribution is -0.152. The van der Waals surface area contributed by atoms with Gasteiger partial charge in [-0.05, 0) is 44.9 Å². The quantitative estimate of drug-likeness (QED) is 0.570. The van der Waals surface area contributed by atoms with Crippen LogP contribution in [0, 0.1) is 20.8 Å². The van der Waals surface area contributed by atoms with Crippen molar-refractivity contribution < 1.29 is 28.7 Å². The second-order valence-electron chi connectivity index (χ2n) is 6.20. The number of anilines is 2. The predicted octanol–water partition coefficient (Wildman–Crippen LogP) is 3.21. The van der Waals surface area contributed by atoms with E-state index in [-0.39, 0.29) is 22.0 Å². The molecule has 0 aliphatic carbocycles. The maximum atomic E-state index is 12.8. The highest BCUT2D eigenvalue weighted by Gasteiger charge is 2.28. The Hall–Kier alpha value is -3.20. The van der Waals surface area contributed by atoms with E-state index in [0.717, 1.165) is 22.5 Å². The molecule has 2 amide bonds. The fourth-order valence-corrected chi connectivity index (χ4v) is 3.73. The van der Waals surface area contributed by atoms with Crippen molar-refractivity contribution in [3.05, 3.63) is 45.3 Å². The Labute approximate surface area is 172 Å². The standard InChI is InChI=1S/C20H22N2O6S/c1-6-28-20(26)17(24)22-18-14(19(25)27-5)12(4)15(29-18)16(23)21-13-8-7-10(2)9-11(13)3/h7-9H,6H2,1-5H3,(H,21,23)(H,22,24). The van der Waals surface area contributed by atoms with Crippen LogP contribution in [0.1, 0.15) is 43.6 Å². The Morgan fingerprint density at radius 3 is 2.34 bits per heavy atom. The number of ether oxygens (including phenoxy) is 2. The Morgan fingerprint density at radius 2 is 1.76 bits per heavy atom. The molecule has 8 nitrogen and oxygen atoms in total. The van der Waals surface area contributed by atoms with E-state index >= 15 is 0 Å². The summed E-state index contributed by atoms with van der Waals surface area (Å²) in [7, 11) is 1.19. The number of esters is 2. The molecule has 0 saturated heterocycles. The molecular formula is C20H22N2O6S. The van der Waals surface area contributed by atoms with Crippen LogP contribution in [0.3, 0.4) is 0 Å². The smallest absolute Gasteiger partial charge is 0.397 e. The van der Waals surface area contributed by atoms with Gasteiger partial charge in [-0.3, -0.25) is 9.59 Å². The number of hydrogen-bond acceptors (Lipinski definition) is 7. The number of thiophene rings is 1. The molecule has 9 heteroatoms. The number of nitrogens with one attached hydrogen (secondary N) is 2. The van der Waals surface area contributed by atoms with E-state index in [4.69, 9.17) is 4.74 Å². The van der Waals surface area contributed by atoms with E-state index in [0.29, 0.717) is 11.3 Å². The van der Waals surface area contributed by atoms with E-state index in [1.165, 1.54) is 7.11 Å². The zero-order chi connectivity index (χ0) is 21.7. The molecule has 0 fully saturated rings. The second kappa shape index (κ2) is 9.33. The van der Waals surface area contributed by atoms with Crippen molar-refractivity contribution in [3.8, 4) is 0 Å². The molecule has 0 aliphatic heterocycles. The van der Waals surface area contributed by atoms with Crippen LogP contribution in [0.15, 0.2) is 18.2 Å². The summed E-state index contributed by atoms with van der Waals surface area (Å²) < 4.78 is 9.41. The lowest BCUT2D eigenvalue weighted by Gasteiger charge is -2.08. The number of rotatable bonds is 5. The lowest BCUT2D eigenvalue weighted by Crippen LogP contribution is -2.25. The maximum absolute atomic E-state index is 12.8. The fraction of sp³-hybridized carbons (Fsp3) is 0.300. The summed E-state index contributed by atoms with van der Waals surface area (Å²) in [6, 6.07) is 5.59. The summed E-state index contributed by atoms with van der Waals surface area (Å²) in [4.78, 5) is 48.8. The van der Waals surface area contributed by atoms with Gasteiger partial charge in [0.25, 0.3) is 5.91 Å². The number of hydrogen-bond donors (Lipinski definition) is 2. The summed E-state index contributed by atoms with van der Waals surface area (Å²) in [5.41, 5.74) is 2.93. The van der Waals surface area contributed by atoms with Crippen LogP contribution in [-0.4, -0.2) is 37.5 Å². The molecular weight excluding hydrogens is 396 g/mol. The van der Waals surface area contributed by atoms with Gasteiger partial charge in [-0.25, -0.2) is 9.59 Å². The first-order valence-corrected chi connectivity index (χ1v) is 9.59. The molecule has 0 saturated carbocycles. The van der Waals surface area contributed by atoms with Crippen LogP contribution in [0.25, 0.3) is 0 Å². The molecule has 2 rings (SSSR count). The Bertz CT molecular complexity index is 980. The number of aryl methyl sites for hydroxylation is 2.